The van der Waals surface area contributed by atoms with Crippen molar-refractivity contribution in [1.29, 1.82) is 0 Å². The zero-order valence-electron chi connectivity index (χ0n) is 16.9. The lowest BCUT2D eigenvalue weighted by molar-refractivity contribution is 0.103. The quantitative estimate of drug-likeness (QED) is 0.473. The minimum atomic E-state index is -0.827. The van der Waals surface area contributed by atoms with Gasteiger partial charge in [-0.3, -0.25) is 4.98 Å². The Hall–Kier alpha value is -2.05. The Kier molecular flexibility index (Phi) is 6.07. The number of pyridine rings is 1. The van der Waals surface area contributed by atoms with E-state index < -0.39 is 11.6 Å². The molecule has 3 aromatic rings. The lowest BCUT2D eigenvalue weighted by atomic mass is 9.64. The highest BCUT2D eigenvalue weighted by atomic mass is 79.9. The van der Waals surface area contributed by atoms with Crippen LogP contribution in [0.5, 0.6) is 5.75 Å². The third kappa shape index (κ3) is 3.95. The van der Waals surface area contributed by atoms with Crippen LogP contribution < -0.4 is 10.5 Å². The molecule has 0 amide bonds. The van der Waals surface area contributed by atoms with Crippen LogP contribution >= 0.6 is 15.9 Å². The first-order valence-electron chi connectivity index (χ1n) is 10.3. The van der Waals surface area contributed by atoms with Gasteiger partial charge in [-0.1, -0.05) is 13.0 Å². The van der Waals surface area contributed by atoms with Gasteiger partial charge in [0, 0.05) is 29.2 Å². The van der Waals surface area contributed by atoms with Gasteiger partial charge in [0.1, 0.15) is 5.75 Å². The van der Waals surface area contributed by atoms with Crippen molar-refractivity contribution in [2.75, 3.05) is 0 Å². The van der Waals surface area contributed by atoms with Gasteiger partial charge >= 0.3 is 0 Å². The van der Waals surface area contributed by atoms with Crippen LogP contribution in [0.4, 0.5) is 8.78 Å². The van der Waals surface area contributed by atoms with Crippen molar-refractivity contribution in [3.8, 4) is 5.75 Å². The molecule has 0 radical (unpaired) electrons. The van der Waals surface area contributed by atoms with E-state index in [-0.39, 0.29) is 17.6 Å². The van der Waals surface area contributed by atoms with Crippen LogP contribution in [0.15, 0.2) is 53.3 Å². The van der Waals surface area contributed by atoms with Gasteiger partial charge in [0.2, 0.25) is 0 Å². The molecule has 1 aliphatic carbocycles. The van der Waals surface area contributed by atoms with Crippen molar-refractivity contribution in [2.24, 2.45) is 5.73 Å². The van der Waals surface area contributed by atoms with E-state index in [1.165, 1.54) is 12.1 Å². The highest BCUT2D eigenvalue weighted by molar-refractivity contribution is 9.10. The summed E-state index contributed by atoms with van der Waals surface area (Å²) in [6.07, 6.45) is 7.55. The van der Waals surface area contributed by atoms with Crippen LogP contribution in [0.2, 0.25) is 0 Å². The average molecular weight is 475 g/mol. The van der Waals surface area contributed by atoms with Crippen LogP contribution in [0.25, 0.3) is 10.8 Å². The molecule has 158 valence electrons. The van der Waals surface area contributed by atoms with Crippen molar-refractivity contribution in [3.05, 3.63) is 70.5 Å². The Bertz CT molecular complexity index is 1050. The molecule has 0 aliphatic heterocycles. The highest BCUT2D eigenvalue weighted by Crippen LogP contribution is 2.44. The summed E-state index contributed by atoms with van der Waals surface area (Å²) in [6, 6.07) is 10.1. The lowest BCUT2D eigenvalue weighted by Gasteiger charge is -2.44. The molecule has 1 aliphatic rings. The molecule has 1 aromatic heterocycles. The van der Waals surface area contributed by atoms with Gasteiger partial charge in [0.25, 0.3) is 0 Å². The molecule has 1 atom stereocenters. The van der Waals surface area contributed by atoms with Gasteiger partial charge in [-0.05, 0) is 89.3 Å². The predicted octanol–water partition coefficient (Wildman–Crippen LogP) is 6.27. The fraction of sp³-hybridized carbons (Fsp3) is 0.375. The SMILES string of the molecule is CCC(N)C1(c2ccc(F)c(F)c2)CCC(Oc2cc3ccncc3cc2Br)CC1. The third-order valence-electron chi connectivity index (χ3n) is 6.45. The molecule has 2 aromatic carbocycles. The topological polar surface area (TPSA) is 48.1 Å². The van der Waals surface area contributed by atoms with Crippen LogP contribution in [0.1, 0.15) is 44.6 Å². The second-order valence-corrected chi connectivity index (χ2v) is 8.98. The first-order chi connectivity index (χ1) is 14.4. The highest BCUT2D eigenvalue weighted by Gasteiger charge is 2.42. The Morgan fingerprint density at radius 2 is 1.90 bits per heavy atom. The molecule has 0 saturated heterocycles. The molecule has 1 unspecified atom stereocenters. The van der Waals surface area contributed by atoms with E-state index in [9.17, 15) is 8.78 Å². The molecule has 6 heteroatoms. The fourth-order valence-corrected chi connectivity index (χ4v) is 5.11. The number of benzene rings is 2. The van der Waals surface area contributed by atoms with E-state index in [1.54, 1.807) is 12.3 Å². The molecule has 4 rings (SSSR count). The number of hydrogen-bond acceptors (Lipinski definition) is 3. The second-order valence-electron chi connectivity index (χ2n) is 8.12. The number of nitrogens with two attached hydrogens (primary N) is 1. The second kappa shape index (κ2) is 8.60. The summed E-state index contributed by atoms with van der Waals surface area (Å²) in [4.78, 5) is 4.16. The lowest BCUT2D eigenvalue weighted by Crippen LogP contribution is -2.49. The molecule has 30 heavy (non-hydrogen) atoms. The van der Waals surface area contributed by atoms with Crippen molar-refractivity contribution >= 4 is 26.7 Å². The smallest absolute Gasteiger partial charge is 0.159 e. The van der Waals surface area contributed by atoms with Crippen LogP contribution in [-0.2, 0) is 5.41 Å². The number of aromatic nitrogens is 1. The van der Waals surface area contributed by atoms with Crippen molar-refractivity contribution < 1.29 is 13.5 Å². The zero-order chi connectivity index (χ0) is 21.3. The first kappa shape index (κ1) is 21.2. The molecule has 3 nitrogen and oxygen atoms in total. The summed E-state index contributed by atoms with van der Waals surface area (Å²) >= 11 is 3.60. The summed E-state index contributed by atoms with van der Waals surface area (Å²) in [5, 5.41) is 2.12. The van der Waals surface area contributed by atoms with Crippen molar-refractivity contribution in [2.45, 2.75) is 56.6 Å². The molecule has 1 fully saturated rings. The maximum Gasteiger partial charge on any atom is 0.159 e. The Morgan fingerprint density at radius 1 is 1.13 bits per heavy atom. The van der Waals surface area contributed by atoms with E-state index >= 15 is 0 Å². The van der Waals surface area contributed by atoms with E-state index in [0.717, 1.165) is 58.7 Å². The number of nitrogens with zero attached hydrogens (tertiary/aromatic N) is 1. The summed E-state index contributed by atoms with van der Waals surface area (Å²) in [5.74, 6) is -0.839. The van der Waals surface area contributed by atoms with Crippen molar-refractivity contribution in [1.82, 2.24) is 4.98 Å². The van der Waals surface area contributed by atoms with Crippen molar-refractivity contribution in [3.63, 3.8) is 0 Å². The standard InChI is InChI=1S/C24H25BrF2N2O/c1-2-23(28)24(17-3-4-20(26)21(27)13-17)8-5-18(6-9-24)30-22-12-15-7-10-29-14-16(15)11-19(22)25/h3-4,7,10-14,18,23H,2,5-6,8-9,28H2,1H3. The van der Waals surface area contributed by atoms with Crippen LogP contribution in [-0.4, -0.2) is 17.1 Å². The number of hydrogen-bond donors (Lipinski definition) is 1. The summed E-state index contributed by atoms with van der Waals surface area (Å²) in [6.45, 7) is 2.04. The molecular formula is C24H25BrF2N2O. The molecule has 2 N–H and O–H groups in total. The predicted molar refractivity (Wildman–Crippen MR) is 119 cm³/mol. The minimum absolute atomic E-state index is 0.0445. The van der Waals surface area contributed by atoms with E-state index in [2.05, 4.69) is 20.9 Å². The Balaban J connectivity index is 1.55. The largest absolute Gasteiger partial charge is 0.489 e. The summed E-state index contributed by atoms with van der Waals surface area (Å²) in [7, 11) is 0. The molecule has 1 saturated carbocycles. The molecular weight excluding hydrogens is 450 g/mol. The van der Waals surface area contributed by atoms with Crippen LogP contribution in [0, 0.1) is 11.6 Å². The number of rotatable bonds is 5. The van der Waals surface area contributed by atoms with E-state index in [0.29, 0.717) is 0 Å². The molecule has 0 spiro atoms. The normalized spacial score (nSPS) is 22.8. The average Bonchev–Trinajstić information content (AvgIpc) is 2.76. The first-order valence-corrected chi connectivity index (χ1v) is 11.1. The summed E-state index contributed by atoms with van der Waals surface area (Å²) < 4.78 is 34.7. The van der Waals surface area contributed by atoms with Gasteiger partial charge < -0.3 is 10.5 Å². The van der Waals surface area contributed by atoms with Gasteiger partial charge in [0.05, 0.1) is 10.6 Å². The van der Waals surface area contributed by atoms with Gasteiger partial charge in [-0.25, -0.2) is 8.78 Å². The minimum Gasteiger partial charge on any atom is -0.489 e. The van der Waals surface area contributed by atoms with Gasteiger partial charge in [0.15, 0.2) is 11.6 Å². The molecule has 1 heterocycles. The van der Waals surface area contributed by atoms with E-state index in [4.69, 9.17) is 10.5 Å². The third-order valence-corrected chi connectivity index (χ3v) is 7.07. The monoisotopic (exact) mass is 474 g/mol. The zero-order valence-corrected chi connectivity index (χ0v) is 18.5. The number of ether oxygens (including phenoxy) is 1. The van der Waals surface area contributed by atoms with E-state index in [1.807, 2.05) is 31.3 Å². The molecule has 0 bridgehead atoms. The van der Waals surface area contributed by atoms with Gasteiger partial charge in [-0.15, -0.1) is 0 Å². The number of fused-ring (bicyclic) bond motifs is 1. The number of halogens is 3. The van der Waals surface area contributed by atoms with Gasteiger partial charge in [-0.2, -0.15) is 0 Å². The Morgan fingerprint density at radius 3 is 2.60 bits per heavy atom. The summed E-state index contributed by atoms with van der Waals surface area (Å²) in [5.41, 5.74) is 6.94. The Labute approximate surface area is 183 Å². The maximum atomic E-state index is 14.0. The maximum absolute atomic E-state index is 14.0. The van der Waals surface area contributed by atoms with Crippen LogP contribution in [0.3, 0.4) is 0 Å². The fourth-order valence-electron chi connectivity index (χ4n) is 4.65.